The number of para-hydroxylation sites is 1. The van der Waals surface area contributed by atoms with E-state index in [0.29, 0.717) is 33.8 Å². The fourth-order valence-electron chi connectivity index (χ4n) is 5.89. The molecule has 3 aromatic rings. The fourth-order valence-corrected chi connectivity index (χ4v) is 8.50. The van der Waals surface area contributed by atoms with Crippen LogP contribution in [0.4, 0.5) is 5.69 Å². The molecule has 0 radical (unpaired) electrons. The number of rotatable bonds is 10. The Bertz CT molecular complexity index is 1500. The van der Waals surface area contributed by atoms with Crippen molar-refractivity contribution in [2.75, 3.05) is 31.6 Å². The summed E-state index contributed by atoms with van der Waals surface area (Å²) in [5.41, 5.74) is 6.38. The van der Waals surface area contributed by atoms with Crippen molar-refractivity contribution in [2.45, 2.75) is 36.6 Å². The third-order valence-corrected chi connectivity index (χ3v) is 11.5. The lowest BCUT2D eigenvalue weighted by atomic mass is 9.75. The van der Waals surface area contributed by atoms with Crippen LogP contribution in [0.2, 0.25) is 10.0 Å². The van der Waals surface area contributed by atoms with Crippen molar-refractivity contribution in [1.82, 2.24) is 20.1 Å². The summed E-state index contributed by atoms with van der Waals surface area (Å²) in [6.45, 7) is 2.36. The number of fused-ring (bicyclic) bond motifs is 2. The summed E-state index contributed by atoms with van der Waals surface area (Å²) in [4.78, 5) is 14.1. The van der Waals surface area contributed by atoms with Crippen molar-refractivity contribution in [2.24, 2.45) is 0 Å². The average Bonchev–Trinajstić information content (AvgIpc) is 3.23. The van der Waals surface area contributed by atoms with Gasteiger partial charge in [-0.2, -0.15) is 25.6 Å². The topological polar surface area (TPSA) is 87.3 Å². The zero-order valence-corrected chi connectivity index (χ0v) is 26.1. The molecule has 3 N–H and O–H groups in total. The molecule has 1 amide bonds. The number of piperidine rings is 1. The number of thioether (sulfide) groups is 1. The van der Waals surface area contributed by atoms with Crippen molar-refractivity contribution < 1.29 is 13.2 Å². The molecule has 0 bridgehead atoms. The monoisotopic (exact) mass is 633 g/mol. The molecule has 1 spiro atoms. The zero-order valence-electron chi connectivity index (χ0n) is 22.9. The summed E-state index contributed by atoms with van der Waals surface area (Å²) in [6, 6.07) is 22.4. The standard InChI is InChI=1S/C30H34Cl2N4O3S2/c1-41(38,39)36(21-30(13-15-33-16-14-30)24-9-5-6-10-28(24)36)35-29(37)27(34-18-22-7-3-2-4-8-22)20-40-19-23-11-12-25(31)26(32)17-23/h2-12,17,27,33-34H,13-16,18-21H2,1H3/p+1. The number of amides is 1. The van der Waals surface area contributed by atoms with Crippen LogP contribution in [-0.4, -0.2) is 52.0 Å². The smallest absolute Gasteiger partial charge is 0.317 e. The van der Waals surface area contributed by atoms with Gasteiger partial charge >= 0.3 is 10.0 Å². The number of sulfonamides is 1. The van der Waals surface area contributed by atoms with Crippen LogP contribution in [0.5, 0.6) is 0 Å². The van der Waals surface area contributed by atoms with Gasteiger partial charge in [0.25, 0.3) is 5.91 Å². The summed E-state index contributed by atoms with van der Waals surface area (Å²) >= 11 is 13.8. The van der Waals surface area contributed by atoms with Gasteiger partial charge < -0.3 is 10.6 Å². The molecular formula is C30H35Cl2N4O3S2+. The van der Waals surface area contributed by atoms with Crippen LogP contribution in [0.1, 0.15) is 29.5 Å². The molecule has 2 heterocycles. The number of nitrogens with zero attached hydrogens (tertiary/aromatic N) is 1. The van der Waals surface area contributed by atoms with Crippen molar-refractivity contribution in [1.29, 1.82) is 0 Å². The number of carbonyl (C=O) groups excluding carboxylic acids is 1. The molecule has 0 aromatic heterocycles. The Hall–Kier alpha value is -2.11. The molecule has 2 aliphatic rings. The Morgan fingerprint density at radius 2 is 1.71 bits per heavy atom. The number of halogens is 2. The second-order valence-electron chi connectivity index (χ2n) is 10.8. The maximum absolute atomic E-state index is 14.1. The van der Waals surface area contributed by atoms with Gasteiger partial charge in [-0.1, -0.05) is 81.8 Å². The van der Waals surface area contributed by atoms with Crippen molar-refractivity contribution in [3.63, 3.8) is 0 Å². The van der Waals surface area contributed by atoms with E-state index in [1.165, 1.54) is 6.26 Å². The Morgan fingerprint density at radius 1 is 1.00 bits per heavy atom. The van der Waals surface area contributed by atoms with Crippen LogP contribution < -0.4 is 20.1 Å². The van der Waals surface area contributed by atoms with Crippen molar-refractivity contribution >= 4 is 56.6 Å². The Kier molecular flexibility index (Phi) is 9.35. The van der Waals surface area contributed by atoms with Gasteiger partial charge in [0, 0.05) is 29.7 Å². The van der Waals surface area contributed by atoms with Crippen LogP contribution in [0.15, 0.2) is 72.8 Å². The molecular weight excluding hydrogens is 599 g/mol. The van der Waals surface area contributed by atoms with Crippen LogP contribution in [0, 0.1) is 0 Å². The van der Waals surface area contributed by atoms with Gasteiger partial charge in [-0.05, 0) is 49.2 Å². The van der Waals surface area contributed by atoms with E-state index in [1.807, 2.05) is 66.7 Å². The minimum absolute atomic E-state index is 0.278. The molecule has 1 fully saturated rings. The van der Waals surface area contributed by atoms with Crippen LogP contribution in [0.25, 0.3) is 0 Å². The molecule has 3 aromatic carbocycles. The molecule has 218 valence electrons. The number of hydrogen-bond donors (Lipinski definition) is 3. The van der Waals surface area contributed by atoms with E-state index in [0.717, 1.165) is 42.6 Å². The molecule has 2 aliphatic heterocycles. The van der Waals surface area contributed by atoms with Gasteiger partial charge in [-0.15, -0.1) is 0 Å². The Balaban J connectivity index is 1.41. The van der Waals surface area contributed by atoms with E-state index in [-0.39, 0.29) is 17.9 Å². The number of quaternary nitrogens is 1. The first-order valence-electron chi connectivity index (χ1n) is 13.6. The Labute approximate surface area is 256 Å². The molecule has 2 atom stereocenters. The lowest BCUT2D eigenvalue weighted by Crippen LogP contribution is -2.68. The molecule has 2 unspecified atom stereocenters. The highest BCUT2D eigenvalue weighted by Crippen LogP contribution is 2.50. The minimum atomic E-state index is -3.80. The Morgan fingerprint density at radius 3 is 2.41 bits per heavy atom. The number of carbonyl (C=O) groups is 1. The van der Waals surface area contributed by atoms with E-state index in [2.05, 4.69) is 16.1 Å². The van der Waals surface area contributed by atoms with Crippen LogP contribution >= 0.6 is 35.0 Å². The van der Waals surface area contributed by atoms with Gasteiger partial charge in [0.05, 0.1) is 21.7 Å². The predicted molar refractivity (Wildman–Crippen MR) is 170 cm³/mol. The first-order valence-corrected chi connectivity index (χ1v) is 17.4. The van der Waals surface area contributed by atoms with E-state index in [1.54, 1.807) is 17.8 Å². The quantitative estimate of drug-likeness (QED) is 0.272. The lowest BCUT2D eigenvalue weighted by Gasteiger charge is -2.36. The van der Waals surface area contributed by atoms with Crippen LogP contribution in [0.3, 0.4) is 0 Å². The summed E-state index contributed by atoms with van der Waals surface area (Å²) in [6.07, 6.45) is 2.84. The molecule has 0 saturated carbocycles. The lowest BCUT2D eigenvalue weighted by molar-refractivity contribution is -0.125. The van der Waals surface area contributed by atoms with E-state index in [9.17, 15) is 13.2 Å². The maximum atomic E-state index is 14.1. The number of benzene rings is 3. The third kappa shape index (κ3) is 6.46. The van der Waals surface area contributed by atoms with Crippen LogP contribution in [-0.2, 0) is 32.5 Å². The maximum Gasteiger partial charge on any atom is 0.321 e. The van der Waals surface area contributed by atoms with Gasteiger partial charge in [0.1, 0.15) is 12.6 Å². The molecule has 41 heavy (non-hydrogen) atoms. The van der Waals surface area contributed by atoms with E-state index in [4.69, 9.17) is 23.2 Å². The molecule has 0 aliphatic carbocycles. The van der Waals surface area contributed by atoms with Crippen molar-refractivity contribution in [3.8, 4) is 0 Å². The number of hydrogen-bond acceptors (Lipinski definition) is 6. The highest BCUT2D eigenvalue weighted by molar-refractivity contribution is 7.98. The van der Waals surface area contributed by atoms with Gasteiger partial charge in [0.2, 0.25) is 0 Å². The minimum Gasteiger partial charge on any atom is -0.317 e. The highest BCUT2D eigenvalue weighted by atomic mass is 35.5. The SMILES string of the molecule is CS(=O)(=O)[N+]1(NC(=O)C(CSCc2ccc(Cl)c(Cl)c2)NCc2ccccc2)CC2(CCNCC2)c2ccccc21. The second kappa shape index (κ2) is 12.6. The summed E-state index contributed by atoms with van der Waals surface area (Å²) < 4.78 is 26.7. The second-order valence-corrected chi connectivity index (χ2v) is 14.8. The van der Waals surface area contributed by atoms with E-state index < -0.39 is 20.1 Å². The van der Waals surface area contributed by atoms with Gasteiger partial charge in [-0.25, -0.2) is 0 Å². The average molecular weight is 635 g/mol. The number of nitrogens with one attached hydrogen (secondary N) is 3. The summed E-state index contributed by atoms with van der Waals surface area (Å²) in [5.74, 6) is 0.701. The summed E-state index contributed by atoms with van der Waals surface area (Å²) in [5, 5.41) is 7.76. The summed E-state index contributed by atoms with van der Waals surface area (Å²) in [7, 11) is -3.80. The molecule has 7 nitrogen and oxygen atoms in total. The van der Waals surface area contributed by atoms with Gasteiger partial charge in [-0.3, -0.25) is 4.79 Å². The normalized spacial score (nSPS) is 20.5. The predicted octanol–water partition coefficient (Wildman–Crippen LogP) is 5.02. The highest BCUT2D eigenvalue weighted by Gasteiger charge is 2.60. The largest absolute Gasteiger partial charge is 0.321 e. The third-order valence-electron chi connectivity index (χ3n) is 8.06. The van der Waals surface area contributed by atoms with E-state index >= 15 is 0 Å². The first-order chi connectivity index (χ1) is 19.6. The molecule has 11 heteroatoms. The zero-order chi connectivity index (χ0) is 29.1. The first kappa shape index (κ1) is 30.4. The molecule has 5 rings (SSSR count). The van der Waals surface area contributed by atoms with Gasteiger partial charge in [0.15, 0.2) is 5.69 Å². The van der Waals surface area contributed by atoms with Crippen molar-refractivity contribution in [3.05, 3.63) is 99.5 Å². The fraction of sp³-hybridized carbons (Fsp3) is 0.367. The molecule has 1 saturated heterocycles.